The fourth-order valence-corrected chi connectivity index (χ4v) is 2.44. The third kappa shape index (κ3) is 4.31. The summed E-state index contributed by atoms with van der Waals surface area (Å²) in [7, 11) is 0. The third-order valence-electron chi connectivity index (χ3n) is 3.45. The fourth-order valence-electron chi connectivity index (χ4n) is 2.44. The van der Waals surface area contributed by atoms with Crippen LogP contribution in [0.25, 0.3) is 0 Å². The molecule has 8 heteroatoms. The van der Waals surface area contributed by atoms with Crippen molar-refractivity contribution in [3.05, 3.63) is 35.6 Å². The van der Waals surface area contributed by atoms with Crippen LogP contribution in [0.1, 0.15) is 5.56 Å². The highest BCUT2D eigenvalue weighted by atomic mass is 35.5. The minimum Gasteiger partial charge on any atom is -0.481 e. The van der Waals surface area contributed by atoms with Crippen LogP contribution in [0.4, 0.5) is 17.6 Å². The van der Waals surface area contributed by atoms with Crippen molar-refractivity contribution in [1.29, 1.82) is 0 Å². The van der Waals surface area contributed by atoms with Crippen molar-refractivity contribution < 1.29 is 27.5 Å². The van der Waals surface area contributed by atoms with Crippen LogP contribution in [0, 0.1) is 17.7 Å². The van der Waals surface area contributed by atoms with Gasteiger partial charge in [0.2, 0.25) is 0 Å². The van der Waals surface area contributed by atoms with Gasteiger partial charge in [0, 0.05) is 19.6 Å². The Balaban J connectivity index is 0.00000220. The lowest BCUT2D eigenvalue weighted by molar-refractivity contribution is -0.188. The molecule has 0 saturated carbocycles. The van der Waals surface area contributed by atoms with Gasteiger partial charge in [-0.3, -0.25) is 9.69 Å². The van der Waals surface area contributed by atoms with Gasteiger partial charge in [-0.15, -0.1) is 12.4 Å². The number of carboxylic acid groups (broad SMARTS) is 1. The van der Waals surface area contributed by atoms with Gasteiger partial charge in [-0.1, -0.05) is 12.1 Å². The van der Waals surface area contributed by atoms with E-state index in [-0.39, 0.29) is 32.0 Å². The summed E-state index contributed by atoms with van der Waals surface area (Å²) in [6, 6.07) is 5.40. The van der Waals surface area contributed by atoms with Crippen molar-refractivity contribution in [2.45, 2.75) is 12.7 Å². The molecular weight excluding hydrogens is 314 g/mol. The molecule has 1 heterocycles. The molecule has 2 rings (SSSR count). The zero-order valence-corrected chi connectivity index (χ0v) is 11.6. The molecular formula is C13H14ClF4NO2. The number of hydrogen-bond donors (Lipinski definition) is 1. The Morgan fingerprint density at radius 3 is 2.24 bits per heavy atom. The van der Waals surface area contributed by atoms with Crippen molar-refractivity contribution >= 4 is 18.4 Å². The molecule has 118 valence electrons. The van der Waals surface area contributed by atoms with E-state index >= 15 is 0 Å². The highest BCUT2D eigenvalue weighted by Gasteiger charge is 2.52. The molecule has 2 atom stereocenters. The largest absolute Gasteiger partial charge is 0.481 e. The van der Waals surface area contributed by atoms with E-state index in [1.165, 1.54) is 29.2 Å². The first-order valence-corrected chi connectivity index (χ1v) is 6.03. The Morgan fingerprint density at radius 1 is 1.24 bits per heavy atom. The molecule has 0 spiro atoms. The lowest BCUT2D eigenvalue weighted by Crippen LogP contribution is -2.33. The second-order valence-electron chi connectivity index (χ2n) is 4.91. The zero-order valence-electron chi connectivity index (χ0n) is 10.8. The van der Waals surface area contributed by atoms with Gasteiger partial charge < -0.3 is 5.11 Å². The lowest BCUT2D eigenvalue weighted by Gasteiger charge is -2.18. The minimum atomic E-state index is -4.53. The number of likely N-dealkylation sites (tertiary alicyclic amines) is 1. The summed E-state index contributed by atoms with van der Waals surface area (Å²) in [5, 5.41) is 8.89. The number of halogens is 5. The van der Waals surface area contributed by atoms with Gasteiger partial charge in [0.25, 0.3) is 0 Å². The summed E-state index contributed by atoms with van der Waals surface area (Å²) in [6.07, 6.45) is -4.53. The van der Waals surface area contributed by atoms with Crippen LogP contribution in [-0.4, -0.2) is 35.2 Å². The Morgan fingerprint density at radius 2 is 1.81 bits per heavy atom. The maximum Gasteiger partial charge on any atom is 0.393 e. The van der Waals surface area contributed by atoms with Gasteiger partial charge in [0.1, 0.15) is 5.82 Å². The first-order chi connectivity index (χ1) is 9.27. The van der Waals surface area contributed by atoms with Crippen molar-refractivity contribution in [1.82, 2.24) is 4.90 Å². The molecule has 1 aromatic rings. The van der Waals surface area contributed by atoms with E-state index < -0.39 is 29.8 Å². The van der Waals surface area contributed by atoms with Gasteiger partial charge in [0.15, 0.2) is 0 Å². The summed E-state index contributed by atoms with van der Waals surface area (Å²) >= 11 is 0. The summed E-state index contributed by atoms with van der Waals surface area (Å²) in [6.45, 7) is -0.328. The molecule has 1 N–H and O–H groups in total. The molecule has 0 aliphatic carbocycles. The van der Waals surface area contributed by atoms with Crippen molar-refractivity contribution in [2.24, 2.45) is 11.8 Å². The van der Waals surface area contributed by atoms with Crippen molar-refractivity contribution in [2.75, 3.05) is 13.1 Å². The van der Waals surface area contributed by atoms with E-state index in [0.29, 0.717) is 5.56 Å². The Labute approximate surface area is 125 Å². The van der Waals surface area contributed by atoms with E-state index in [0.717, 1.165) is 0 Å². The molecule has 0 unspecified atom stereocenters. The van der Waals surface area contributed by atoms with Crippen LogP contribution in [0.5, 0.6) is 0 Å². The smallest absolute Gasteiger partial charge is 0.393 e. The van der Waals surface area contributed by atoms with Crippen LogP contribution in [0.3, 0.4) is 0 Å². The molecule has 21 heavy (non-hydrogen) atoms. The second kappa shape index (κ2) is 6.62. The van der Waals surface area contributed by atoms with Gasteiger partial charge in [-0.05, 0) is 17.7 Å². The van der Waals surface area contributed by atoms with Gasteiger partial charge in [0.05, 0.1) is 11.8 Å². The van der Waals surface area contributed by atoms with Crippen molar-refractivity contribution in [3.63, 3.8) is 0 Å². The standard InChI is InChI=1S/C13H13F4NO2.ClH/c14-9-3-1-8(2-4-9)5-18-6-10(12(19)20)11(7-18)13(15,16)17;/h1-4,10-11H,5-7H2,(H,19,20);1H/t10-,11-;/m1./s1. The maximum absolute atomic E-state index is 12.8. The van der Waals surface area contributed by atoms with E-state index in [1.54, 1.807) is 0 Å². The third-order valence-corrected chi connectivity index (χ3v) is 3.45. The summed E-state index contributed by atoms with van der Waals surface area (Å²) in [5.74, 6) is -5.17. The number of nitrogens with zero attached hydrogens (tertiary/aromatic N) is 1. The van der Waals surface area contributed by atoms with Crippen LogP contribution in [0.2, 0.25) is 0 Å². The predicted octanol–water partition coefficient (Wildman–Crippen LogP) is 2.94. The number of aliphatic carboxylic acids is 1. The Bertz CT molecular complexity index is 492. The maximum atomic E-state index is 12.8. The zero-order chi connectivity index (χ0) is 14.9. The molecule has 1 fully saturated rings. The monoisotopic (exact) mass is 327 g/mol. The van der Waals surface area contributed by atoms with E-state index in [2.05, 4.69) is 0 Å². The molecule has 1 aliphatic rings. The molecule has 0 amide bonds. The Kier molecular flexibility index (Phi) is 5.58. The lowest BCUT2D eigenvalue weighted by atomic mass is 9.96. The fraction of sp³-hybridized carbons (Fsp3) is 0.462. The molecule has 0 aromatic heterocycles. The minimum absolute atomic E-state index is 0. The van der Waals surface area contributed by atoms with Gasteiger partial charge >= 0.3 is 12.1 Å². The second-order valence-corrected chi connectivity index (χ2v) is 4.91. The van der Waals surface area contributed by atoms with E-state index in [4.69, 9.17) is 5.11 Å². The van der Waals surface area contributed by atoms with Crippen LogP contribution in [0.15, 0.2) is 24.3 Å². The molecule has 0 radical (unpaired) electrons. The molecule has 1 aromatic carbocycles. The Hall–Kier alpha value is -1.34. The van der Waals surface area contributed by atoms with Gasteiger partial charge in [-0.25, -0.2) is 4.39 Å². The topological polar surface area (TPSA) is 40.5 Å². The summed E-state index contributed by atoms with van der Waals surface area (Å²) in [5.41, 5.74) is 0.651. The van der Waals surface area contributed by atoms with Crippen LogP contribution < -0.4 is 0 Å². The number of carbonyl (C=O) groups is 1. The highest BCUT2D eigenvalue weighted by molar-refractivity contribution is 5.85. The number of carboxylic acids is 1. The summed E-state index contributed by atoms with van der Waals surface area (Å²) in [4.78, 5) is 12.4. The SMILES string of the molecule is Cl.O=C(O)[C@@H]1CN(Cc2ccc(F)cc2)C[C@H]1C(F)(F)F. The first kappa shape index (κ1) is 17.7. The molecule has 1 aliphatic heterocycles. The molecule has 3 nitrogen and oxygen atoms in total. The van der Waals surface area contributed by atoms with Gasteiger partial charge in [-0.2, -0.15) is 13.2 Å². The number of hydrogen-bond acceptors (Lipinski definition) is 2. The summed E-state index contributed by atoms with van der Waals surface area (Å²) < 4.78 is 51.1. The highest BCUT2D eigenvalue weighted by Crippen LogP contribution is 2.38. The predicted molar refractivity (Wildman–Crippen MR) is 69.6 cm³/mol. The number of benzene rings is 1. The quantitative estimate of drug-likeness (QED) is 0.868. The average molecular weight is 328 g/mol. The number of alkyl halides is 3. The van der Waals surface area contributed by atoms with Crippen LogP contribution >= 0.6 is 12.4 Å². The number of rotatable bonds is 3. The molecule has 1 saturated heterocycles. The molecule has 0 bridgehead atoms. The van der Waals surface area contributed by atoms with Crippen LogP contribution in [-0.2, 0) is 11.3 Å². The normalized spacial score (nSPS) is 22.9. The van der Waals surface area contributed by atoms with Crippen molar-refractivity contribution in [3.8, 4) is 0 Å². The van der Waals surface area contributed by atoms with E-state index in [9.17, 15) is 22.4 Å². The average Bonchev–Trinajstić information content (AvgIpc) is 2.76. The van der Waals surface area contributed by atoms with E-state index in [1.807, 2.05) is 0 Å². The first-order valence-electron chi connectivity index (χ1n) is 6.03.